The Morgan fingerprint density at radius 2 is 0.876 bits per heavy atom. The Hall–Kier alpha value is -5.82. The second-order valence-corrected chi connectivity index (χ2v) is 27.9. The summed E-state index contributed by atoms with van der Waals surface area (Å²) in [7, 11) is 9.83. The number of rotatable bonds is 18. The van der Waals surface area contributed by atoms with Gasteiger partial charge < -0.3 is 65.8 Å². The summed E-state index contributed by atoms with van der Waals surface area (Å²) in [6.45, 7) is 29.3. The SMILES string of the molecule is C/C=C/C[C@@H](C)[C@@H](O)[C@H]1C(=O)N[C@@H](CC)C(=O)N(C)[C@H](SCCO)C(=O)N(C)[C@@H](CC(C)C)C(=O)N[C@@H](C(C)C)C(=O)N(C)[C@@H](CC(C)C)C(=O)N[C@@H](C)C(=O)N[C@H](C)C(=O)N(C)[C@@H](CC(C)C)C(=O)N(C)[C@@H](CC(C)C)C(=O)N(C)[C@@H](C(C)C)C(=O)N1C. The van der Waals surface area contributed by atoms with Crippen LogP contribution in [0.2, 0.25) is 0 Å². The zero-order chi connectivity index (χ0) is 69.0. The number of carbonyl (C=O) groups excluding carboxylic acids is 11. The molecule has 0 aromatic heterocycles. The average Bonchev–Trinajstić information content (AvgIpc) is 2.43. The van der Waals surface area contributed by atoms with Crippen molar-refractivity contribution in [3.05, 3.63) is 12.2 Å². The molecule has 0 unspecified atom stereocenters. The van der Waals surface area contributed by atoms with E-state index < -0.39 is 161 Å². The van der Waals surface area contributed by atoms with Crippen LogP contribution in [0, 0.1) is 41.4 Å². The van der Waals surface area contributed by atoms with Gasteiger partial charge in [0.05, 0.1) is 12.7 Å². The van der Waals surface area contributed by atoms with Crippen molar-refractivity contribution in [2.75, 3.05) is 61.7 Å². The predicted molar refractivity (Wildman–Crippen MR) is 347 cm³/mol. The number of hydrogen-bond donors (Lipinski definition) is 6. The second-order valence-electron chi connectivity index (χ2n) is 26.7. The molecule has 25 heteroatoms. The lowest BCUT2D eigenvalue weighted by molar-refractivity contribution is -0.157. The lowest BCUT2D eigenvalue weighted by Gasteiger charge is -2.41. The molecule has 0 aliphatic carbocycles. The van der Waals surface area contributed by atoms with Gasteiger partial charge in [-0.2, -0.15) is 0 Å². The predicted octanol–water partition coefficient (Wildman–Crippen LogP) is 3.32. The van der Waals surface area contributed by atoms with E-state index in [1.165, 1.54) is 87.7 Å². The molecule has 0 spiro atoms. The molecule has 0 radical (unpaired) electrons. The zero-order valence-corrected chi connectivity index (χ0v) is 59.0. The highest BCUT2D eigenvalue weighted by atomic mass is 32.2. The van der Waals surface area contributed by atoms with E-state index in [1.807, 2.05) is 55.4 Å². The van der Waals surface area contributed by atoms with E-state index in [9.17, 15) is 43.8 Å². The molecule has 0 aromatic rings. The van der Waals surface area contributed by atoms with Gasteiger partial charge in [0, 0.05) is 55.1 Å². The summed E-state index contributed by atoms with van der Waals surface area (Å²) in [5.74, 6) is -10.3. The Bertz CT molecular complexity index is 2420. The van der Waals surface area contributed by atoms with Gasteiger partial charge in [0.15, 0.2) is 5.37 Å². The Kier molecular flexibility index (Phi) is 34.2. The Morgan fingerprint density at radius 3 is 1.31 bits per heavy atom. The third kappa shape index (κ3) is 22.8. The molecule has 0 aromatic carbocycles. The van der Waals surface area contributed by atoms with E-state index >= 15 is 19.2 Å². The summed E-state index contributed by atoms with van der Waals surface area (Å²) in [6.07, 6.45) is 2.80. The van der Waals surface area contributed by atoms with Gasteiger partial charge >= 0.3 is 0 Å². The fourth-order valence-corrected chi connectivity index (χ4v) is 12.0. The summed E-state index contributed by atoms with van der Waals surface area (Å²) < 4.78 is 0. The first kappa shape index (κ1) is 81.2. The minimum Gasteiger partial charge on any atom is -0.396 e. The number of allylic oxidation sites excluding steroid dienone is 2. The van der Waals surface area contributed by atoms with Crippen molar-refractivity contribution in [2.45, 2.75) is 228 Å². The van der Waals surface area contributed by atoms with Crippen LogP contribution in [0.3, 0.4) is 0 Å². The van der Waals surface area contributed by atoms with Gasteiger partial charge in [-0.3, -0.25) is 52.7 Å². The minimum absolute atomic E-state index is 0.0320. The summed E-state index contributed by atoms with van der Waals surface area (Å²) in [5.41, 5.74) is 0. The number of likely N-dealkylation sites (N-methyl/N-ethyl adjacent to an activating group) is 7. The van der Waals surface area contributed by atoms with Crippen molar-refractivity contribution in [3.63, 3.8) is 0 Å². The standard InChI is InChI=1S/C64H115N11O13S/c1-25-27-28-41(15)52(77)51-56(81)67-44(26-2)58(83)75(24)64(89-30-29-76)63(88)70(19)46(32-36(5)6)55(80)68-49(39(11)12)61(86)69(18)45(31-35(3)4)54(79)65-42(16)53(78)66-43(17)57(82)71(20)47(33-37(7)8)59(84)72(21)48(34-38(9)10)60(85)73(22)50(40(13)14)62(87)74(51)23/h25,27,35-52,64,76-77H,26,28-34H2,1-24H3,(H,65,79)(H,66,78)(H,67,81)(H,68,80)/b27-25+/t41-,42+,43-,44+,45+,46+,47+,48+,49+,50+,51+,52-,64-/m1/s1. The average molecular weight is 1280 g/mol. The third-order valence-corrected chi connectivity index (χ3v) is 17.8. The molecule has 1 fully saturated rings. The van der Waals surface area contributed by atoms with Gasteiger partial charge in [0.1, 0.15) is 60.4 Å². The summed E-state index contributed by atoms with van der Waals surface area (Å²) in [4.78, 5) is 171. The van der Waals surface area contributed by atoms with E-state index in [2.05, 4.69) is 21.3 Å². The summed E-state index contributed by atoms with van der Waals surface area (Å²) in [6, 6.07) is -12.7. The van der Waals surface area contributed by atoms with Crippen molar-refractivity contribution >= 4 is 76.7 Å². The van der Waals surface area contributed by atoms with E-state index in [4.69, 9.17) is 0 Å². The van der Waals surface area contributed by atoms with Crippen molar-refractivity contribution in [1.82, 2.24) is 55.6 Å². The van der Waals surface area contributed by atoms with Crippen molar-refractivity contribution in [2.24, 2.45) is 41.4 Å². The molecule has 1 saturated heterocycles. The molecule has 0 saturated carbocycles. The Labute approximate surface area is 536 Å². The lowest BCUT2D eigenvalue weighted by atomic mass is 9.91. The first-order chi connectivity index (χ1) is 41.2. The fraction of sp³-hybridized carbons (Fsp3) is 0.797. The van der Waals surface area contributed by atoms with E-state index in [-0.39, 0.29) is 67.9 Å². The normalized spacial score (nSPS) is 27.1. The van der Waals surface area contributed by atoms with Gasteiger partial charge in [-0.15, -0.1) is 11.8 Å². The first-order valence-electron chi connectivity index (χ1n) is 31.8. The van der Waals surface area contributed by atoms with Crippen LogP contribution >= 0.6 is 11.8 Å². The number of aliphatic hydroxyl groups excluding tert-OH is 2. The quantitative estimate of drug-likeness (QED) is 0.107. The molecule has 510 valence electrons. The van der Waals surface area contributed by atoms with E-state index in [1.54, 1.807) is 60.6 Å². The van der Waals surface area contributed by atoms with Crippen molar-refractivity contribution < 1.29 is 63.0 Å². The molecule has 11 amide bonds. The molecule has 1 aliphatic rings. The van der Waals surface area contributed by atoms with Crippen molar-refractivity contribution in [3.8, 4) is 0 Å². The van der Waals surface area contributed by atoms with Crippen LogP contribution in [0.15, 0.2) is 12.2 Å². The highest BCUT2D eigenvalue weighted by Crippen LogP contribution is 2.27. The molecule has 1 rings (SSSR count). The van der Waals surface area contributed by atoms with Crippen LogP contribution < -0.4 is 21.3 Å². The largest absolute Gasteiger partial charge is 0.396 e. The molecule has 0 bridgehead atoms. The van der Waals surface area contributed by atoms with Crippen LogP contribution in [-0.2, 0) is 52.7 Å². The maximum Gasteiger partial charge on any atom is 0.256 e. The molecule has 1 aliphatic heterocycles. The smallest absolute Gasteiger partial charge is 0.256 e. The molecule has 13 atom stereocenters. The number of thioether (sulfide) groups is 1. The number of nitrogens with zero attached hydrogens (tertiary/aromatic N) is 7. The van der Waals surface area contributed by atoms with E-state index in [0.717, 1.165) is 21.6 Å². The lowest BCUT2D eigenvalue weighted by Crippen LogP contribution is -2.64. The van der Waals surface area contributed by atoms with Gasteiger partial charge in [-0.25, -0.2) is 0 Å². The second kappa shape index (κ2) is 37.5. The van der Waals surface area contributed by atoms with Gasteiger partial charge in [0.25, 0.3) is 5.91 Å². The minimum atomic E-state index is -1.66. The van der Waals surface area contributed by atoms with Crippen LogP contribution in [0.4, 0.5) is 0 Å². The van der Waals surface area contributed by atoms with Crippen LogP contribution in [-0.4, -0.2) is 243 Å². The summed E-state index contributed by atoms with van der Waals surface area (Å²) in [5, 5.41) is 31.9. The maximum absolute atomic E-state index is 15.2. The molecule has 1 heterocycles. The Morgan fingerprint density at radius 1 is 0.461 bits per heavy atom. The summed E-state index contributed by atoms with van der Waals surface area (Å²) >= 11 is 0.919. The van der Waals surface area contributed by atoms with Crippen LogP contribution in [0.5, 0.6) is 0 Å². The molecule has 89 heavy (non-hydrogen) atoms. The van der Waals surface area contributed by atoms with Gasteiger partial charge in [-0.05, 0) is 101 Å². The molecule has 6 N–H and O–H groups in total. The highest BCUT2D eigenvalue weighted by molar-refractivity contribution is 8.00. The topological polar surface area (TPSA) is 299 Å². The molecule has 24 nitrogen and oxygen atoms in total. The van der Waals surface area contributed by atoms with Crippen LogP contribution in [0.1, 0.15) is 156 Å². The fourth-order valence-electron chi connectivity index (χ4n) is 11.1. The first-order valence-corrected chi connectivity index (χ1v) is 32.8. The zero-order valence-electron chi connectivity index (χ0n) is 58.2. The van der Waals surface area contributed by atoms with Gasteiger partial charge in [-0.1, -0.05) is 109 Å². The van der Waals surface area contributed by atoms with Crippen LogP contribution in [0.25, 0.3) is 0 Å². The highest BCUT2D eigenvalue weighted by Gasteiger charge is 2.46. The number of carbonyl (C=O) groups is 11. The Balaban J connectivity index is 4.48. The number of amides is 11. The van der Waals surface area contributed by atoms with Crippen molar-refractivity contribution in [1.29, 1.82) is 0 Å². The number of hydrogen-bond acceptors (Lipinski definition) is 14. The maximum atomic E-state index is 15.2. The number of aliphatic hydroxyl groups is 2. The molecular formula is C64H115N11O13S. The monoisotopic (exact) mass is 1280 g/mol. The van der Waals surface area contributed by atoms with E-state index in [0.29, 0.717) is 0 Å². The molecular weight excluding hydrogens is 1160 g/mol. The van der Waals surface area contributed by atoms with Gasteiger partial charge in [0.2, 0.25) is 59.1 Å². The third-order valence-electron chi connectivity index (χ3n) is 16.6. The number of nitrogens with one attached hydrogen (secondary N) is 4.